The van der Waals surface area contributed by atoms with E-state index >= 15 is 0 Å². The number of hydrazone groups is 1. The molecular formula is C9H8N2OS. The van der Waals surface area contributed by atoms with Crippen molar-refractivity contribution >= 4 is 23.2 Å². The van der Waals surface area contributed by atoms with Gasteiger partial charge in [-0.1, -0.05) is 42.1 Å². The minimum Gasteiger partial charge on any atom is -0.271 e. The van der Waals surface area contributed by atoms with Gasteiger partial charge in [-0.3, -0.25) is 4.79 Å². The minimum absolute atomic E-state index is 0.0568. The first-order valence-electron chi connectivity index (χ1n) is 3.90. The first-order valence-corrected chi connectivity index (χ1v) is 4.84. The van der Waals surface area contributed by atoms with Crippen LogP contribution in [0.15, 0.2) is 35.4 Å². The Morgan fingerprint density at radius 2 is 2.08 bits per heavy atom. The average molecular weight is 192 g/mol. The summed E-state index contributed by atoms with van der Waals surface area (Å²) in [7, 11) is 0. The summed E-state index contributed by atoms with van der Waals surface area (Å²) >= 11 is 1.42. The molecule has 1 heterocycles. The molecule has 13 heavy (non-hydrogen) atoms. The van der Waals surface area contributed by atoms with Gasteiger partial charge in [0.05, 0.1) is 5.55 Å². The van der Waals surface area contributed by atoms with Crippen LogP contribution in [-0.4, -0.2) is 11.5 Å². The number of nitrogens with one attached hydrogen (secondary N) is 1. The molecular weight excluding hydrogens is 184 g/mol. The van der Waals surface area contributed by atoms with Crippen molar-refractivity contribution in [3.63, 3.8) is 0 Å². The molecule has 1 aliphatic heterocycles. The number of amides is 1. The Bertz CT molecular complexity index is 337. The number of benzene rings is 1. The number of hydrogen-bond acceptors (Lipinski definition) is 3. The highest BCUT2D eigenvalue weighted by Crippen LogP contribution is 2.28. The van der Waals surface area contributed by atoms with Crippen molar-refractivity contribution in [3.8, 4) is 0 Å². The first-order chi connectivity index (χ1) is 6.38. The highest BCUT2D eigenvalue weighted by Gasteiger charge is 2.22. The smallest absolute Gasteiger partial charge is 0.258 e. The van der Waals surface area contributed by atoms with Crippen LogP contribution in [0.3, 0.4) is 0 Å². The van der Waals surface area contributed by atoms with Gasteiger partial charge >= 0.3 is 0 Å². The molecule has 0 saturated carbocycles. The van der Waals surface area contributed by atoms with Crippen molar-refractivity contribution in [1.82, 2.24) is 5.43 Å². The van der Waals surface area contributed by atoms with Crippen molar-refractivity contribution in [1.29, 1.82) is 0 Å². The summed E-state index contributed by atoms with van der Waals surface area (Å²) in [5.74, 6) is -0.0568. The Hall–Kier alpha value is -1.29. The third-order valence-electron chi connectivity index (χ3n) is 1.76. The van der Waals surface area contributed by atoms with E-state index in [4.69, 9.17) is 0 Å². The fourth-order valence-electron chi connectivity index (χ4n) is 1.16. The molecule has 66 valence electrons. The molecule has 3 nitrogen and oxygen atoms in total. The van der Waals surface area contributed by atoms with Gasteiger partial charge in [0.25, 0.3) is 5.91 Å². The van der Waals surface area contributed by atoms with Gasteiger partial charge < -0.3 is 0 Å². The maximum absolute atomic E-state index is 11.3. The van der Waals surface area contributed by atoms with Crippen LogP contribution in [0.5, 0.6) is 0 Å². The number of hydrogen-bond donors (Lipinski definition) is 1. The van der Waals surface area contributed by atoms with Gasteiger partial charge in [-0.2, -0.15) is 5.10 Å². The van der Waals surface area contributed by atoms with Gasteiger partial charge in [-0.15, -0.1) is 0 Å². The average Bonchev–Trinajstić information content (AvgIpc) is 2.20. The maximum atomic E-state index is 11.3. The van der Waals surface area contributed by atoms with Crippen molar-refractivity contribution in [2.75, 3.05) is 0 Å². The monoisotopic (exact) mass is 192 g/mol. The summed E-state index contributed by atoms with van der Waals surface area (Å²) in [5, 5.41) is 3.52. The zero-order valence-electron chi connectivity index (χ0n) is 6.81. The van der Waals surface area contributed by atoms with Crippen LogP contribution in [0.2, 0.25) is 0 Å². The summed E-state index contributed by atoms with van der Waals surface area (Å²) in [6.45, 7) is 0. The fraction of sp³-hybridized carbons (Fsp3) is 0.111. The van der Waals surface area contributed by atoms with Crippen LogP contribution in [0, 0.1) is 0 Å². The predicted molar refractivity (Wildman–Crippen MR) is 53.4 cm³/mol. The number of nitrogens with zero attached hydrogens (tertiary/aromatic N) is 1. The van der Waals surface area contributed by atoms with Gasteiger partial charge in [-0.05, 0) is 5.56 Å². The molecule has 0 fully saturated rings. The second-order valence-corrected chi connectivity index (χ2v) is 3.59. The van der Waals surface area contributed by atoms with E-state index in [1.54, 1.807) is 5.55 Å². The van der Waals surface area contributed by atoms with Crippen LogP contribution < -0.4 is 5.43 Å². The summed E-state index contributed by atoms with van der Waals surface area (Å²) in [6, 6.07) is 9.67. The topological polar surface area (TPSA) is 41.5 Å². The molecule has 0 aliphatic carbocycles. The third-order valence-corrected chi connectivity index (χ3v) is 2.75. The molecule has 0 spiro atoms. The predicted octanol–water partition coefficient (Wildman–Crippen LogP) is 1.53. The first kappa shape index (κ1) is 8.31. The molecule has 1 amide bonds. The zero-order valence-corrected chi connectivity index (χ0v) is 7.62. The minimum atomic E-state index is -0.154. The van der Waals surface area contributed by atoms with Crippen LogP contribution in [0.4, 0.5) is 0 Å². The fourth-order valence-corrected chi connectivity index (χ4v) is 1.89. The van der Waals surface area contributed by atoms with Gasteiger partial charge in [0, 0.05) is 0 Å². The lowest BCUT2D eigenvalue weighted by Crippen LogP contribution is -2.26. The van der Waals surface area contributed by atoms with E-state index in [1.165, 1.54) is 11.8 Å². The highest BCUT2D eigenvalue weighted by molar-refractivity contribution is 8.12. The molecule has 1 N–H and O–H groups in total. The van der Waals surface area contributed by atoms with Crippen molar-refractivity contribution in [2.45, 2.75) is 5.25 Å². The van der Waals surface area contributed by atoms with E-state index in [2.05, 4.69) is 10.5 Å². The summed E-state index contributed by atoms with van der Waals surface area (Å²) < 4.78 is 0. The van der Waals surface area contributed by atoms with E-state index in [0.717, 1.165) is 5.56 Å². The molecule has 0 aromatic heterocycles. The van der Waals surface area contributed by atoms with Crippen molar-refractivity contribution in [2.24, 2.45) is 5.10 Å². The second kappa shape index (κ2) is 3.62. The Balaban J connectivity index is 2.26. The lowest BCUT2D eigenvalue weighted by molar-refractivity contribution is -0.120. The van der Waals surface area contributed by atoms with Gasteiger partial charge in [0.15, 0.2) is 0 Å². The van der Waals surface area contributed by atoms with Crippen LogP contribution in [-0.2, 0) is 4.79 Å². The molecule has 1 unspecified atom stereocenters. The largest absolute Gasteiger partial charge is 0.271 e. The molecule has 1 aromatic carbocycles. The standard InChI is InChI=1S/C9H8N2OS/c12-9-8(13-6-10-11-9)7-4-2-1-3-5-7/h1-6,8H,(H,11,12). The summed E-state index contributed by atoms with van der Waals surface area (Å²) in [6.07, 6.45) is 0. The van der Waals surface area contributed by atoms with E-state index in [1.807, 2.05) is 30.3 Å². The lowest BCUT2D eigenvalue weighted by atomic mass is 10.1. The van der Waals surface area contributed by atoms with Crippen molar-refractivity contribution in [3.05, 3.63) is 35.9 Å². The maximum Gasteiger partial charge on any atom is 0.258 e. The van der Waals surface area contributed by atoms with E-state index in [9.17, 15) is 4.79 Å². The Kier molecular flexibility index (Phi) is 2.31. The third kappa shape index (κ3) is 1.72. The highest BCUT2D eigenvalue weighted by atomic mass is 32.2. The van der Waals surface area contributed by atoms with E-state index in [0.29, 0.717) is 0 Å². The van der Waals surface area contributed by atoms with Crippen LogP contribution in [0.1, 0.15) is 10.8 Å². The lowest BCUT2D eigenvalue weighted by Gasteiger charge is -2.15. The molecule has 1 atom stereocenters. The summed E-state index contributed by atoms with van der Waals surface area (Å²) in [4.78, 5) is 11.3. The Labute approximate surface area is 80.2 Å². The van der Waals surface area contributed by atoms with Gasteiger partial charge in [-0.25, -0.2) is 5.43 Å². The zero-order chi connectivity index (χ0) is 9.10. The van der Waals surface area contributed by atoms with Crippen LogP contribution >= 0.6 is 11.8 Å². The Morgan fingerprint density at radius 1 is 1.31 bits per heavy atom. The normalized spacial score (nSPS) is 21.2. The second-order valence-electron chi connectivity index (χ2n) is 2.64. The molecule has 1 aliphatic rings. The number of carbonyl (C=O) groups is 1. The molecule has 0 radical (unpaired) electrons. The van der Waals surface area contributed by atoms with E-state index in [-0.39, 0.29) is 11.2 Å². The molecule has 1 aromatic rings. The van der Waals surface area contributed by atoms with Gasteiger partial charge in [0.2, 0.25) is 0 Å². The molecule has 2 rings (SSSR count). The van der Waals surface area contributed by atoms with Crippen LogP contribution in [0.25, 0.3) is 0 Å². The molecule has 4 heteroatoms. The van der Waals surface area contributed by atoms with Crippen molar-refractivity contribution < 1.29 is 4.79 Å². The SMILES string of the molecule is O=C1NN=CSC1c1ccccc1. The Morgan fingerprint density at radius 3 is 2.77 bits per heavy atom. The number of carbonyl (C=O) groups excluding carboxylic acids is 1. The van der Waals surface area contributed by atoms with E-state index < -0.39 is 0 Å². The quantitative estimate of drug-likeness (QED) is 0.733. The molecule has 0 saturated heterocycles. The summed E-state index contributed by atoms with van der Waals surface area (Å²) in [5.41, 5.74) is 5.10. The number of rotatable bonds is 1. The molecule has 0 bridgehead atoms. The van der Waals surface area contributed by atoms with Gasteiger partial charge in [0.1, 0.15) is 5.25 Å². The number of thioether (sulfide) groups is 1.